The van der Waals surface area contributed by atoms with Crippen molar-refractivity contribution in [2.45, 2.75) is 19.6 Å². The van der Waals surface area contributed by atoms with E-state index in [2.05, 4.69) is 9.98 Å². The second-order valence-corrected chi connectivity index (χ2v) is 7.27. The molecular formula is C23H22F3N3O6. The molecule has 0 saturated heterocycles. The summed E-state index contributed by atoms with van der Waals surface area (Å²) in [6.07, 6.45) is -4.57. The van der Waals surface area contributed by atoms with Crippen molar-refractivity contribution in [3.63, 3.8) is 0 Å². The number of halogens is 3. The number of nitrogens with zero attached hydrogens (tertiary/aromatic N) is 2. The Bertz CT molecular complexity index is 1350. The molecule has 3 rings (SSSR count). The number of aliphatic imine (C=N–C) groups is 1. The van der Waals surface area contributed by atoms with Gasteiger partial charge in [-0.1, -0.05) is 0 Å². The zero-order valence-corrected chi connectivity index (χ0v) is 19.2. The highest BCUT2D eigenvalue weighted by molar-refractivity contribution is 6.00. The van der Waals surface area contributed by atoms with Gasteiger partial charge in [0.15, 0.2) is 11.5 Å². The lowest BCUT2D eigenvalue weighted by molar-refractivity contribution is -0.137. The average Bonchev–Trinajstić information content (AvgIpc) is 2.81. The maximum Gasteiger partial charge on any atom is 0.416 e. The van der Waals surface area contributed by atoms with E-state index in [4.69, 9.17) is 14.2 Å². The zero-order valence-electron chi connectivity index (χ0n) is 19.2. The minimum atomic E-state index is -4.57. The number of ether oxygens (including phenoxy) is 3. The molecule has 2 aromatic carbocycles. The lowest BCUT2D eigenvalue weighted by Gasteiger charge is -2.14. The largest absolute Gasteiger partial charge is 0.493 e. The van der Waals surface area contributed by atoms with Crippen LogP contribution < -0.4 is 25.5 Å². The number of hydrogen-bond acceptors (Lipinski definition) is 7. The predicted octanol–water partition coefficient (Wildman–Crippen LogP) is 3.29. The van der Waals surface area contributed by atoms with Crippen LogP contribution in [0.5, 0.6) is 23.1 Å². The lowest BCUT2D eigenvalue weighted by Crippen LogP contribution is -2.32. The Morgan fingerprint density at radius 2 is 1.60 bits per heavy atom. The van der Waals surface area contributed by atoms with E-state index in [-0.39, 0.29) is 23.5 Å². The minimum Gasteiger partial charge on any atom is -0.493 e. The summed E-state index contributed by atoms with van der Waals surface area (Å²) in [6, 6.07) is 6.86. The number of hydrogen-bond donors (Lipinski definition) is 2. The van der Waals surface area contributed by atoms with Crippen molar-refractivity contribution in [3.05, 3.63) is 73.9 Å². The highest BCUT2D eigenvalue weighted by Crippen LogP contribution is 2.38. The van der Waals surface area contributed by atoms with Crippen molar-refractivity contribution in [1.82, 2.24) is 9.55 Å². The van der Waals surface area contributed by atoms with Crippen LogP contribution in [-0.4, -0.2) is 41.7 Å². The van der Waals surface area contributed by atoms with Crippen molar-refractivity contribution in [2.24, 2.45) is 4.99 Å². The van der Waals surface area contributed by atoms with Gasteiger partial charge < -0.3 is 19.3 Å². The number of alkyl halides is 3. The molecule has 12 heteroatoms. The second-order valence-electron chi connectivity index (χ2n) is 7.27. The second kappa shape index (κ2) is 9.95. The van der Waals surface area contributed by atoms with Crippen molar-refractivity contribution in [1.29, 1.82) is 0 Å². The van der Waals surface area contributed by atoms with E-state index in [9.17, 15) is 27.9 Å². The first kappa shape index (κ1) is 25.4. The van der Waals surface area contributed by atoms with Gasteiger partial charge in [-0.2, -0.15) is 13.2 Å². The third-order valence-electron chi connectivity index (χ3n) is 5.12. The highest BCUT2D eigenvalue weighted by atomic mass is 19.4. The molecule has 0 radical (unpaired) electrons. The Morgan fingerprint density at radius 1 is 1.03 bits per heavy atom. The SMILES string of the molecule is COc1cc(CN=C(C)c2c(O)n(-c3ccc(C(F)(F)F)cc3)c(=O)[nH]c2=O)cc(OC)c1OC. The van der Waals surface area contributed by atoms with Gasteiger partial charge in [-0.15, -0.1) is 0 Å². The maximum atomic E-state index is 12.9. The molecule has 0 fully saturated rings. The van der Waals surface area contributed by atoms with Crippen LogP contribution in [0, 0.1) is 0 Å². The summed E-state index contributed by atoms with van der Waals surface area (Å²) < 4.78 is 55.1. The summed E-state index contributed by atoms with van der Waals surface area (Å²) in [4.78, 5) is 31.2. The molecule has 0 atom stereocenters. The first-order valence-corrected chi connectivity index (χ1v) is 10.1. The summed E-state index contributed by atoms with van der Waals surface area (Å²) in [6.45, 7) is 1.49. The van der Waals surface area contributed by atoms with Crippen LogP contribution in [0.25, 0.3) is 5.69 Å². The van der Waals surface area contributed by atoms with Crippen LogP contribution >= 0.6 is 0 Å². The fraction of sp³-hybridized carbons (Fsp3) is 0.261. The van der Waals surface area contributed by atoms with Gasteiger partial charge in [-0.05, 0) is 48.9 Å². The molecule has 2 N–H and O–H groups in total. The molecular weight excluding hydrogens is 471 g/mol. The summed E-state index contributed by atoms with van der Waals surface area (Å²) in [7, 11) is 4.37. The number of aromatic nitrogens is 2. The average molecular weight is 493 g/mol. The Hall–Kier alpha value is -4.22. The van der Waals surface area contributed by atoms with E-state index < -0.39 is 28.9 Å². The van der Waals surface area contributed by atoms with Gasteiger partial charge >= 0.3 is 11.9 Å². The standard InChI is InChI=1S/C23H22F3N3O6/c1-12(27-11-13-9-16(33-2)19(35-4)17(10-13)34-3)18-20(30)28-22(32)29(21(18)31)15-7-5-14(6-8-15)23(24,25)26/h5-10,31H,11H2,1-4H3,(H,28,30,32). The number of methoxy groups -OCH3 is 3. The molecule has 0 aliphatic carbocycles. The summed E-state index contributed by atoms with van der Waals surface area (Å²) in [5.74, 6) is 0.416. The van der Waals surface area contributed by atoms with Crippen LogP contribution in [0.1, 0.15) is 23.6 Å². The Morgan fingerprint density at radius 3 is 2.09 bits per heavy atom. The Balaban J connectivity index is 2.03. The van der Waals surface area contributed by atoms with Gasteiger partial charge in [0.1, 0.15) is 5.56 Å². The topological polar surface area (TPSA) is 115 Å². The molecule has 0 unspecified atom stereocenters. The van der Waals surface area contributed by atoms with Gasteiger partial charge in [0.25, 0.3) is 5.56 Å². The van der Waals surface area contributed by atoms with Crippen molar-refractivity contribution >= 4 is 5.71 Å². The molecule has 0 saturated carbocycles. The monoisotopic (exact) mass is 493 g/mol. The molecule has 0 aliphatic heterocycles. The number of aromatic amines is 1. The first-order valence-electron chi connectivity index (χ1n) is 10.1. The minimum absolute atomic E-state index is 0.0425. The van der Waals surface area contributed by atoms with Gasteiger partial charge in [0.05, 0.1) is 44.8 Å². The molecule has 0 aliphatic rings. The van der Waals surface area contributed by atoms with Gasteiger partial charge in [0.2, 0.25) is 11.6 Å². The molecule has 9 nitrogen and oxygen atoms in total. The van der Waals surface area contributed by atoms with E-state index in [1.807, 2.05) is 0 Å². The smallest absolute Gasteiger partial charge is 0.416 e. The fourth-order valence-corrected chi connectivity index (χ4v) is 3.41. The van der Waals surface area contributed by atoms with Crippen LogP contribution in [0.3, 0.4) is 0 Å². The van der Waals surface area contributed by atoms with Crippen molar-refractivity contribution in [3.8, 4) is 28.8 Å². The normalized spacial score (nSPS) is 11.9. The molecule has 0 amide bonds. The van der Waals surface area contributed by atoms with Crippen LogP contribution in [0.4, 0.5) is 13.2 Å². The van der Waals surface area contributed by atoms with Gasteiger partial charge in [-0.3, -0.25) is 14.8 Å². The molecule has 0 spiro atoms. The Kier molecular flexibility index (Phi) is 7.22. The number of benzene rings is 2. The predicted molar refractivity (Wildman–Crippen MR) is 121 cm³/mol. The van der Waals surface area contributed by atoms with E-state index in [1.165, 1.54) is 28.3 Å². The molecule has 1 heterocycles. The number of H-pyrrole nitrogens is 1. The van der Waals surface area contributed by atoms with E-state index >= 15 is 0 Å². The number of aromatic hydroxyl groups is 1. The van der Waals surface area contributed by atoms with Crippen LogP contribution in [0.15, 0.2) is 51.0 Å². The third-order valence-corrected chi connectivity index (χ3v) is 5.12. The Labute approximate surface area is 197 Å². The van der Waals surface area contributed by atoms with Gasteiger partial charge in [-0.25, -0.2) is 9.36 Å². The molecule has 1 aromatic heterocycles. The summed E-state index contributed by atoms with van der Waals surface area (Å²) >= 11 is 0. The van der Waals surface area contributed by atoms with Crippen molar-refractivity contribution < 1.29 is 32.5 Å². The number of rotatable bonds is 7. The van der Waals surface area contributed by atoms with Crippen LogP contribution in [-0.2, 0) is 12.7 Å². The molecule has 0 bridgehead atoms. The fourth-order valence-electron chi connectivity index (χ4n) is 3.41. The maximum absolute atomic E-state index is 12.9. The zero-order chi connectivity index (χ0) is 25.9. The number of nitrogens with one attached hydrogen (secondary N) is 1. The quantitative estimate of drug-likeness (QED) is 0.488. The lowest BCUT2D eigenvalue weighted by atomic mass is 10.1. The molecule has 3 aromatic rings. The first-order chi connectivity index (χ1) is 16.5. The molecule has 186 valence electrons. The van der Waals surface area contributed by atoms with E-state index in [0.717, 1.165) is 24.3 Å². The molecule has 35 heavy (non-hydrogen) atoms. The van der Waals surface area contributed by atoms with E-state index in [0.29, 0.717) is 27.4 Å². The summed E-state index contributed by atoms with van der Waals surface area (Å²) in [5.41, 5.74) is -2.52. The summed E-state index contributed by atoms with van der Waals surface area (Å²) in [5, 5.41) is 10.7. The van der Waals surface area contributed by atoms with Crippen LogP contribution in [0.2, 0.25) is 0 Å². The van der Waals surface area contributed by atoms with E-state index in [1.54, 1.807) is 12.1 Å². The van der Waals surface area contributed by atoms with Gasteiger partial charge in [0, 0.05) is 0 Å². The highest BCUT2D eigenvalue weighted by Gasteiger charge is 2.30. The third kappa shape index (κ3) is 5.15. The van der Waals surface area contributed by atoms with Crippen molar-refractivity contribution in [2.75, 3.05) is 21.3 Å².